The molecule has 2 aromatic rings. The first-order chi connectivity index (χ1) is 9.10. The second-order valence-electron chi connectivity index (χ2n) is 5.36. The van der Waals surface area contributed by atoms with Gasteiger partial charge in [0.25, 0.3) is 0 Å². The second kappa shape index (κ2) is 4.66. The summed E-state index contributed by atoms with van der Waals surface area (Å²) in [6.45, 7) is 4.60. The minimum atomic E-state index is 0.468. The molecule has 1 saturated carbocycles. The third-order valence-electron chi connectivity index (χ3n) is 3.60. The first-order valence-electron chi connectivity index (χ1n) is 6.66. The molecule has 1 aromatic heterocycles. The van der Waals surface area contributed by atoms with Gasteiger partial charge in [-0.25, -0.2) is 4.68 Å². The average Bonchev–Trinajstić information content (AvgIpc) is 3.09. The maximum atomic E-state index is 6.43. The molecule has 2 N–H and O–H groups in total. The molecule has 19 heavy (non-hydrogen) atoms. The van der Waals surface area contributed by atoms with E-state index < -0.39 is 0 Å². The number of aryl methyl sites for hydroxylation is 2. The summed E-state index contributed by atoms with van der Waals surface area (Å²) in [5.41, 5.74) is 11.2. The van der Waals surface area contributed by atoms with Crippen molar-refractivity contribution >= 4 is 11.6 Å². The minimum Gasteiger partial charge on any atom is -0.325 e. The van der Waals surface area contributed by atoms with Gasteiger partial charge in [0.05, 0.1) is 16.4 Å². The molecule has 0 radical (unpaired) electrons. The van der Waals surface area contributed by atoms with Gasteiger partial charge in [-0.05, 0) is 49.9 Å². The lowest BCUT2D eigenvalue weighted by molar-refractivity contribution is 0.781. The SMILES string of the molecule is Cc1cc(C)c(-n2nc(CN)cc2C2CC2)c(Cl)c1. The van der Waals surface area contributed by atoms with Gasteiger partial charge in [-0.1, -0.05) is 17.7 Å². The summed E-state index contributed by atoms with van der Waals surface area (Å²) in [5.74, 6) is 0.615. The summed E-state index contributed by atoms with van der Waals surface area (Å²) < 4.78 is 2.00. The Bertz CT molecular complexity index is 603. The number of nitrogens with two attached hydrogens (primary N) is 1. The van der Waals surface area contributed by atoms with Crippen molar-refractivity contribution in [3.05, 3.63) is 45.7 Å². The first-order valence-corrected chi connectivity index (χ1v) is 7.04. The van der Waals surface area contributed by atoms with Crippen LogP contribution in [0.15, 0.2) is 18.2 Å². The molecule has 1 heterocycles. The van der Waals surface area contributed by atoms with Crippen molar-refractivity contribution in [3.63, 3.8) is 0 Å². The summed E-state index contributed by atoms with van der Waals surface area (Å²) in [7, 11) is 0. The quantitative estimate of drug-likeness (QED) is 0.932. The lowest BCUT2D eigenvalue weighted by Crippen LogP contribution is -2.06. The van der Waals surface area contributed by atoms with Crippen LogP contribution in [0.25, 0.3) is 5.69 Å². The van der Waals surface area contributed by atoms with Crippen LogP contribution in [0.1, 0.15) is 41.3 Å². The molecular formula is C15H18ClN3. The second-order valence-corrected chi connectivity index (χ2v) is 5.77. The van der Waals surface area contributed by atoms with E-state index in [2.05, 4.69) is 31.1 Å². The van der Waals surface area contributed by atoms with Crippen LogP contribution in [0.2, 0.25) is 5.02 Å². The van der Waals surface area contributed by atoms with Crippen LogP contribution in [0.5, 0.6) is 0 Å². The molecule has 1 aromatic carbocycles. The number of benzene rings is 1. The zero-order valence-electron chi connectivity index (χ0n) is 11.3. The van der Waals surface area contributed by atoms with E-state index in [0.717, 1.165) is 22.0 Å². The normalized spacial score (nSPS) is 14.9. The van der Waals surface area contributed by atoms with Crippen molar-refractivity contribution in [2.45, 2.75) is 39.2 Å². The fourth-order valence-corrected chi connectivity index (χ4v) is 2.97. The van der Waals surface area contributed by atoms with E-state index in [1.54, 1.807) is 0 Å². The van der Waals surface area contributed by atoms with Gasteiger partial charge in [0, 0.05) is 18.2 Å². The van der Waals surface area contributed by atoms with Gasteiger partial charge in [-0.15, -0.1) is 0 Å². The van der Waals surface area contributed by atoms with Crippen LogP contribution in [0.3, 0.4) is 0 Å². The largest absolute Gasteiger partial charge is 0.325 e. The van der Waals surface area contributed by atoms with Crippen molar-refractivity contribution in [1.82, 2.24) is 9.78 Å². The minimum absolute atomic E-state index is 0.468. The van der Waals surface area contributed by atoms with Crippen LogP contribution in [-0.4, -0.2) is 9.78 Å². The molecule has 0 atom stereocenters. The molecule has 100 valence electrons. The molecule has 4 heteroatoms. The standard InChI is InChI=1S/C15H18ClN3/c1-9-5-10(2)15(13(16)6-9)19-14(11-3-4-11)7-12(8-17)18-19/h5-7,11H,3-4,8,17H2,1-2H3. The molecule has 0 aliphatic heterocycles. The Balaban J connectivity index is 2.18. The topological polar surface area (TPSA) is 43.8 Å². The molecule has 1 aliphatic carbocycles. The van der Waals surface area contributed by atoms with Gasteiger partial charge in [-0.3, -0.25) is 0 Å². The number of halogens is 1. The number of rotatable bonds is 3. The van der Waals surface area contributed by atoms with Crippen LogP contribution < -0.4 is 5.73 Å². The predicted octanol–water partition coefficient (Wildman–Crippen LogP) is 3.48. The lowest BCUT2D eigenvalue weighted by atomic mass is 10.1. The highest BCUT2D eigenvalue weighted by Crippen LogP contribution is 2.42. The Morgan fingerprint density at radius 3 is 2.63 bits per heavy atom. The summed E-state index contributed by atoms with van der Waals surface area (Å²) in [5, 5.41) is 5.37. The average molecular weight is 276 g/mol. The zero-order valence-corrected chi connectivity index (χ0v) is 12.0. The molecule has 0 spiro atoms. The molecule has 3 rings (SSSR count). The maximum absolute atomic E-state index is 6.43. The van der Waals surface area contributed by atoms with E-state index in [-0.39, 0.29) is 0 Å². The molecule has 0 bridgehead atoms. The van der Waals surface area contributed by atoms with Gasteiger partial charge in [0.1, 0.15) is 0 Å². The number of aromatic nitrogens is 2. The third kappa shape index (κ3) is 2.28. The van der Waals surface area contributed by atoms with Gasteiger partial charge < -0.3 is 5.73 Å². The Morgan fingerprint density at radius 1 is 1.32 bits per heavy atom. The van der Waals surface area contributed by atoms with Crippen molar-refractivity contribution < 1.29 is 0 Å². The van der Waals surface area contributed by atoms with Gasteiger partial charge in [0.15, 0.2) is 0 Å². The molecule has 3 nitrogen and oxygen atoms in total. The number of nitrogens with zero attached hydrogens (tertiary/aromatic N) is 2. The number of hydrogen-bond donors (Lipinski definition) is 1. The highest BCUT2D eigenvalue weighted by atomic mass is 35.5. The summed E-state index contributed by atoms with van der Waals surface area (Å²) in [4.78, 5) is 0. The Morgan fingerprint density at radius 2 is 2.05 bits per heavy atom. The van der Waals surface area contributed by atoms with E-state index >= 15 is 0 Å². The highest BCUT2D eigenvalue weighted by Gasteiger charge is 2.29. The van der Waals surface area contributed by atoms with E-state index in [9.17, 15) is 0 Å². The lowest BCUT2D eigenvalue weighted by Gasteiger charge is -2.13. The van der Waals surface area contributed by atoms with Crippen LogP contribution in [0, 0.1) is 13.8 Å². The van der Waals surface area contributed by atoms with Crippen molar-refractivity contribution in [2.75, 3.05) is 0 Å². The van der Waals surface area contributed by atoms with Gasteiger partial charge in [0.2, 0.25) is 0 Å². The maximum Gasteiger partial charge on any atom is 0.0864 e. The smallest absolute Gasteiger partial charge is 0.0864 e. The van der Waals surface area contributed by atoms with Gasteiger partial charge in [-0.2, -0.15) is 5.10 Å². The van der Waals surface area contributed by atoms with E-state index in [4.69, 9.17) is 17.3 Å². The molecule has 1 fully saturated rings. The zero-order chi connectivity index (χ0) is 13.6. The third-order valence-corrected chi connectivity index (χ3v) is 3.89. The Labute approximate surface area is 118 Å². The van der Waals surface area contributed by atoms with Crippen LogP contribution in [0.4, 0.5) is 0 Å². The molecule has 0 saturated heterocycles. The molecule has 0 amide bonds. The Hall–Kier alpha value is -1.32. The van der Waals surface area contributed by atoms with Crippen LogP contribution >= 0.6 is 11.6 Å². The van der Waals surface area contributed by atoms with Crippen molar-refractivity contribution in [1.29, 1.82) is 0 Å². The van der Waals surface area contributed by atoms with E-state index in [1.807, 2.05) is 10.7 Å². The summed E-state index contributed by atoms with van der Waals surface area (Å²) >= 11 is 6.43. The van der Waals surface area contributed by atoms with Crippen LogP contribution in [-0.2, 0) is 6.54 Å². The number of hydrogen-bond acceptors (Lipinski definition) is 2. The summed E-state index contributed by atoms with van der Waals surface area (Å²) in [6.07, 6.45) is 2.47. The van der Waals surface area contributed by atoms with E-state index in [0.29, 0.717) is 12.5 Å². The molecular weight excluding hydrogens is 258 g/mol. The van der Waals surface area contributed by atoms with Gasteiger partial charge >= 0.3 is 0 Å². The van der Waals surface area contributed by atoms with Crippen molar-refractivity contribution in [3.8, 4) is 5.69 Å². The van der Waals surface area contributed by atoms with E-state index in [1.165, 1.54) is 24.1 Å². The molecule has 0 unspecified atom stereocenters. The fraction of sp³-hybridized carbons (Fsp3) is 0.400. The fourth-order valence-electron chi connectivity index (χ4n) is 2.57. The first kappa shape index (κ1) is 12.7. The Kier molecular flexibility index (Phi) is 3.11. The monoisotopic (exact) mass is 275 g/mol. The summed E-state index contributed by atoms with van der Waals surface area (Å²) in [6, 6.07) is 6.25. The van der Waals surface area contributed by atoms with Crippen molar-refractivity contribution in [2.24, 2.45) is 5.73 Å². The predicted molar refractivity (Wildman–Crippen MR) is 77.9 cm³/mol. The molecule has 1 aliphatic rings. The highest BCUT2D eigenvalue weighted by molar-refractivity contribution is 6.32.